The van der Waals surface area contributed by atoms with E-state index >= 15 is 0 Å². The summed E-state index contributed by atoms with van der Waals surface area (Å²) < 4.78 is 42.2. The molecule has 21 nitrogen and oxygen atoms in total. The summed E-state index contributed by atoms with van der Waals surface area (Å²) in [5.41, 5.74) is -1.47. The number of carboxylic acid groups (broad SMARTS) is 2. The third-order valence-electron chi connectivity index (χ3n) is 11.3. The Morgan fingerprint density at radius 1 is 0.953 bits per heavy atom. The van der Waals surface area contributed by atoms with Gasteiger partial charge in [0, 0.05) is 32.8 Å². The fourth-order valence-corrected chi connectivity index (χ4v) is 7.93. The Morgan fingerprint density at radius 3 is 2.11 bits per heavy atom. The number of hydrogen-bond donors (Lipinski definition) is 8. The number of likely N-dealkylation sites (N-methyl/N-ethyl adjacent to an activating group) is 1. The summed E-state index contributed by atoms with van der Waals surface area (Å²) in [7, 11) is 4.86. The molecule has 0 aliphatic carbocycles. The van der Waals surface area contributed by atoms with E-state index in [0.29, 0.717) is 12.8 Å². The highest BCUT2D eigenvalue weighted by Crippen LogP contribution is 2.37. The van der Waals surface area contributed by atoms with Crippen LogP contribution < -0.4 is 0 Å². The molecule has 3 heterocycles. The highest BCUT2D eigenvalue weighted by molar-refractivity contribution is 5.83. The van der Waals surface area contributed by atoms with Crippen molar-refractivity contribution in [3.8, 4) is 0 Å². The zero-order valence-corrected chi connectivity index (χ0v) is 38.1. The van der Waals surface area contributed by atoms with Gasteiger partial charge in [-0.05, 0) is 66.5 Å². The minimum atomic E-state index is -2.27. The molecule has 0 saturated carbocycles. The van der Waals surface area contributed by atoms with Crippen molar-refractivity contribution in [1.29, 1.82) is 0 Å². The van der Waals surface area contributed by atoms with Gasteiger partial charge in [0.15, 0.2) is 30.9 Å². The van der Waals surface area contributed by atoms with Crippen LogP contribution in [0.15, 0.2) is 24.3 Å². The lowest BCUT2D eigenvalue weighted by Gasteiger charge is -2.50. The first kappa shape index (κ1) is 56.7. The summed E-state index contributed by atoms with van der Waals surface area (Å²) in [4.78, 5) is 58.6. The number of methoxy groups -OCH3 is 1. The first-order valence-electron chi connectivity index (χ1n) is 21.5. The molecule has 3 rings (SSSR count). The second-order valence-corrected chi connectivity index (χ2v) is 17.1. The molecule has 8 N–H and O–H groups in total. The van der Waals surface area contributed by atoms with Gasteiger partial charge in [0.1, 0.15) is 36.3 Å². The molecule has 0 spiro atoms. The van der Waals surface area contributed by atoms with E-state index in [1.54, 1.807) is 64.9 Å². The van der Waals surface area contributed by atoms with Crippen LogP contribution in [0.3, 0.4) is 0 Å². The number of allylic oxidation sites excluding steroid dienone is 2. The average molecular weight is 922 g/mol. The number of aliphatic hydroxyl groups is 6. The topological polar surface area (TPSA) is 315 Å². The fraction of sp³-hybridized carbons (Fsp3) is 0.791. The molecule has 0 aromatic heterocycles. The lowest BCUT2D eigenvalue weighted by molar-refractivity contribution is -0.344. The van der Waals surface area contributed by atoms with Crippen LogP contribution in [0.4, 0.5) is 0 Å². The van der Waals surface area contributed by atoms with E-state index in [0.717, 1.165) is 6.29 Å². The molecule has 64 heavy (non-hydrogen) atoms. The van der Waals surface area contributed by atoms with Gasteiger partial charge in [0.25, 0.3) is 0 Å². The van der Waals surface area contributed by atoms with E-state index in [9.17, 15) is 44.4 Å². The lowest BCUT2D eigenvalue weighted by atomic mass is 9.82. The van der Waals surface area contributed by atoms with Crippen molar-refractivity contribution in [3.63, 3.8) is 0 Å². The second kappa shape index (κ2) is 26.6. The van der Waals surface area contributed by atoms with Gasteiger partial charge in [0.2, 0.25) is 0 Å². The zero-order valence-electron chi connectivity index (χ0n) is 38.1. The summed E-state index contributed by atoms with van der Waals surface area (Å²) in [5, 5.41) is 78.2. The van der Waals surface area contributed by atoms with E-state index < -0.39 is 134 Å². The molecular weight excluding hydrogens is 850 g/mol. The van der Waals surface area contributed by atoms with Crippen LogP contribution in [0, 0.1) is 11.8 Å². The molecule has 21 heteroatoms. The zero-order chi connectivity index (χ0) is 48.6. The van der Waals surface area contributed by atoms with Crippen molar-refractivity contribution >= 4 is 30.2 Å². The maximum atomic E-state index is 12.9. The number of aldehydes is 1. The number of hydrogen-bond acceptors (Lipinski definition) is 19. The maximum Gasteiger partial charge on any atom is 0.335 e. The standard InChI is InChI=1S/C39H65NO14.C4H6O6/c1-10-14-29(44)52-37-25(5)50-31(21-39(37,6)47)53-34-24(4)51-38(33(46)32(34)40(7)8)54-35-26(17-18-41)19-22(2)27(42)16-13-11-12-15-23(3)49-30(45)20-28(43)36(35)48-9;5-1(3(7)8)2(6)4(9)10/h11-13,16,18,22-28,31-38,42-43,46-47H,10,14-15,17,19-21H2,1-9H3;1-2,5-6H,(H,7,8)(H,9,10)/b12-11+,16-13+;/t22-,23-,24-,25+,26+,27+,28-,31+,32-,33-,34-,35+,36+,37+,38+,39-;1-,2-/m11/s1. The molecule has 2 saturated heterocycles. The van der Waals surface area contributed by atoms with Crippen LogP contribution in [0.5, 0.6) is 0 Å². The third kappa shape index (κ3) is 16.8. The van der Waals surface area contributed by atoms with Crippen molar-refractivity contribution in [1.82, 2.24) is 4.90 Å². The van der Waals surface area contributed by atoms with Crippen LogP contribution in [-0.4, -0.2) is 195 Å². The monoisotopic (exact) mass is 921 g/mol. The largest absolute Gasteiger partial charge is 0.479 e. The number of rotatable bonds is 14. The van der Waals surface area contributed by atoms with Crippen molar-refractivity contribution in [2.24, 2.45) is 11.8 Å². The molecule has 0 unspecified atom stereocenters. The SMILES string of the molecule is CCCC(=O)O[C@H]1[C@H](C)O[C@@H](O[C@H]2[C@H](N(C)C)[C@@H](O)[C@H](O[C@H]3[C@@H](CC=O)C[C@@H](C)[C@@H](O)/C=C/C=C/C[C@@H](C)OC(=O)C[C@@H](O)[C@@H]3OC)O[C@@H]2C)C[C@@]1(C)O.O=C(O)[C@H](O)[C@@H](O)C(=O)O. The van der Waals surface area contributed by atoms with Gasteiger partial charge >= 0.3 is 23.9 Å². The Hall–Kier alpha value is -3.45. The van der Waals surface area contributed by atoms with E-state index in [1.165, 1.54) is 7.11 Å². The summed E-state index contributed by atoms with van der Waals surface area (Å²) >= 11 is 0. The van der Waals surface area contributed by atoms with Crippen molar-refractivity contribution in [2.75, 3.05) is 21.2 Å². The van der Waals surface area contributed by atoms with Gasteiger partial charge in [-0.1, -0.05) is 38.2 Å². The molecule has 3 aliphatic heterocycles. The third-order valence-corrected chi connectivity index (χ3v) is 11.3. The predicted octanol–water partition coefficient (Wildman–Crippen LogP) is 0.0740. The van der Waals surface area contributed by atoms with Crippen molar-refractivity contribution in [3.05, 3.63) is 24.3 Å². The Bertz CT molecular complexity index is 1520. The molecule has 0 radical (unpaired) electrons. The number of carboxylic acids is 2. The minimum Gasteiger partial charge on any atom is -0.479 e. The highest BCUT2D eigenvalue weighted by atomic mass is 16.7. The van der Waals surface area contributed by atoms with Crippen LogP contribution >= 0.6 is 0 Å². The number of cyclic esters (lactones) is 1. The number of nitrogens with zero attached hydrogens (tertiary/aromatic N) is 1. The molecule has 0 bridgehead atoms. The Kier molecular flexibility index (Phi) is 23.6. The van der Waals surface area contributed by atoms with Crippen molar-refractivity contribution in [2.45, 2.75) is 184 Å². The van der Waals surface area contributed by atoms with Gasteiger partial charge < -0.3 is 83.7 Å². The Balaban J connectivity index is 0.00000125. The van der Waals surface area contributed by atoms with Crippen LogP contribution in [0.25, 0.3) is 0 Å². The number of aliphatic carboxylic acids is 2. The number of aliphatic hydroxyl groups excluding tert-OH is 5. The summed E-state index contributed by atoms with van der Waals surface area (Å²) in [5.74, 6) is -5.65. The quantitative estimate of drug-likeness (QED) is 0.0845. The van der Waals surface area contributed by atoms with E-state index in [1.807, 2.05) is 19.9 Å². The summed E-state index contributed by atoms with van der Waals surface area (Å²) in [6.07, 6.45) is -7.79. The van der Waals surface area contributed by atoms with Gasteiger partial charge in [0.05, 0.1) is 43.0 Å². The molecule has 3 aliphatic rings. The number of ether oxygens (including phenoxy) is 7. The number of esters is 2. The average Bonchev–Trinajstić information content (AvgIpc) is 3.19. The Labute approximate surface area is 373 Å². The number of carbonyl (C=O) groups excluding carboxylic acids is 3. The normalized spacial score (nSPS) is 38.6. The summed E-state index contributed by atoms with van der Waals surface area (Å²) in [6, 6.07) is -0.750. The van der Waals surface area contributed by atoms with Gasteiger partial charge in [-0.15, -0.1) is 0 Å². The Morgan fingerprint density at radius 2 is 1.58 bits per heavy atom. The van der Waals surface area contributed by atoms with Crippen LogP contribution in [0.1, 0.15) is 86.5 Å². The van der Waals surface area contributed by atoms with Gasteiger partial charge in [-0.25, -0.2) is 9.59 Å². The molecule has 368 valence electrons. The molecule has 0 amide bonds. The second-order valence-electron chi connectivity index (χ2n) is 17.1. The van der Waals surface area contributed by atoms with E-state index in [4.69, 9.17) is 53.6 Å². The van der Waals surface area contributed by atoms with Crippen LogP contribution in [0.2, 0.25) is 0 Å². The predicted molar refractivity (Wildman–Crippen MR) is 223 cm³/mol. The maximum absolute atomic E-state index is 12.9. The molecular formula is C43H71NO20. The minimum absolute atomic E-state index is 0.0274. The van der Waals surface area contributed by atoms with Crippen LogP contribution in [-0.2, 0) is 57.1 Å². The summed E-state index contributed by atoms with van der Waals surface area (Å²) in [6.45, 7) is 10.4. The smallest absolute Gasteiger partial charge is 0.335 e. The molecule has 0 aromatic carbocycles. The highest BCUT2D eigenvalue weighted by Gasteiger charge is 2.52. The number of carbonyl (C=O) groups is 5. The lowest BCUT2D eigenvalue weighted by Crippen LogP contribution is -2.66. The first-order chi connectivity index (χ1) is 29.9. The van der Waals surface area contributed by atoms with E-state index in [-0.39, 0.29) is 31.6 Å². The van der Waals surface area contributed by atoms with Crippen molar-refractivity contribution < 1.29 is 98.0 Å². The molecule has 0 aromatic rings. The molecule has 2 fully saturated rings. The fourth-order valence-electron chi connectivity index (χ4n) is 7.93. The van der Waals surface area contributed by atoms with E-state index in [2.05, 4.69) is 0 Å². The van der Waals surface area contributed by atoms with Gasteiger partial charge in [-0.3, -0.25) is 9.59 Å². The van der Waals surface area contributed by atoms with Gasteiger partial charge in [-0.2, -0.15) is 0 Å². The first-order valence-corrected chi connectivity index (χ1v) is 21.5. The molecule has 18 atom stereocenters.